The van der Waals surface area contributed by atoms with Crippen molar-refractivity contribution in [1.29, 1.82) is 0 Å². The van der Waals surface area contributed by atoms with Gasteiger partial charge in [0.2, 0.25) is 0 Å². The lowest BCUT2D eigenvalue weighted by Gasteiger charge is -2.01. The van der Waals surface area contributed by atoms with E-state index < -0.39 is 0 Å². The van der Waals surface area contributed by atoms with Crippen molar-refractivity contribution in [1.82, 2.24) is 9.78 Å². The van der Waals surface area contributed by atoms with E-state index in [1.165, 1.54) is 5.56 Å². The number of aryl methyl sites for hydroxylation is 2. The predicted octanol–water partition coefficient (Wildman–Crippen LogP) is 2.07. The van der Waals surface area contributed by atoms with Crippen molar-refractivity contribution in [3.8, 4) is 5.69 Å². The number of nitrogens with two attached hydrogens (primary N) is 1. The third-order valence-electron chi connectivity index (χ3n) is 2.20. The van der Waals surface area contributed by atoms with Crippen LogP contribution in [-0.2, 0) is 0 Å². The van der Waals surface area contributed by atoms with Gasteiger partial charge in [-0.3, -0.25) is 0 Å². The normalized spacial score (nSPS) is 10.4. The van der Waals surface area contributed by atoms with Crippen LogP contribution in [0.25, 0.3) is 5.69 Å². The van der Waals surface area contributed by atoms with E-state index in [0.717, 1.165) is 17.1 Å². The molecule has 0 aliphatic heterocycles. The topological polar surface area (TPSA) is 43.8 Å². The smallest absolute Gasteiger partial charge is 0.0827 e. The van der Waals surface area contributed by atoms with Crippen LogP contribution in [0.5, 0.6) is 0 Å². The van der Waals surface area contributed by atoms with Crippen molar-refractivity contribution in [2.45, 2.75) is 13.8 Å². The molecule has 0 saturated carbocycles. The zero-order valence-electron chi connectivity index (χ0n) is 8.36. The van der Waals surface area contributed by atoms with Crippen molar-refractivity contribution in [2.24, 2.45) is 0 Å². The second-order valence-corrected chi connectivity index (χ2v) is 3.45. The Balaban J connectivity index is 2.49. The van der Waals surface area contributed by atoms with Crippen LogP contribution in [0.2, 0.25) is 0 Å². The van der Waals surface area contributed by atoms with E-state index in [4.69, 9.17) is 5.73 Å². The summed E-state index contributed by atoms with van der Waals surface area (Å²) in [7, 11) is 0. The molecule has 14 heavy (non-hydrogen) atoms. The molecule has 72 valence electrons. The first-order valence-electron chi connectivity index (χ1n) is 4.55. The molecule has 2 rings (SSSR count). The van der Waals surface area contributed by atoms with Crippen molar-refractivity contribution in [2.75, 3.05) is 5.73 Å². The summed E-state index contributed by atoms with van der Waals surface area (Å²) in [5, 5.41) is 4.31. The van der Waals surface area contributed by atoms with E-state index in [2.05, 4.69) is 24.2 Å². The van der Waals surface area contributed by atoms with Gasteiger partial charge in [-0.2, -0.15) is 5.10 Å². The number of anilines is 1. The Hall–Kier alpha value is -1.77. The fourth-order valence-corrected chi connectivity index (χ4v) is 1.38. The summed E-state index contributed by atoms with van der Waals surface area (Å²) in [6, 6.07) is 8.16. The highest BCUT2D eigenvalue weighted by atomic mass is 15.3. The van der Waals surface area contributed by atoms with Gasteiger partial charge in [0.25, 0.3) is 0 Å². The summed E-state index contributed by atoms with van der Waals surface area (Å²) in [5.74, 6) is 0. The van der Waals surface area contributed by atoms with Crippen LogP contribution >= 0.6 is 0 Å². The molecule has 3 nitrogen and oxygen atoms in total. The number of rotatable bonds is 1. The lowest BCUT2D eigenvalue weighted by molar-refractivity contribution is 0.861. The minimum atomic E-state index is 0.728. The van der Waals surface area contributed by atoms with Crippen LogP contribution in [0.4, 0.5) is 5.69 Å². The molecular formula is C11H13N3. The first-order valence-corrected chi connectivity index (χ1v) is 4.55. The first-order chi connectivity index (χ1) is 6.66. The number of hydrogen-bond donors (Lipinski definition) is 1. The molecule has 0 bridgehead atoms. The molecule has 3 heteroatoms. The van der Waals surface area contributed by atoms with Crippen LogP contribution < -0.4 is 5.73 Å². The third kappa shape index (κ3) is 1.48. The number of aromatic nitrogens is 2. The minimum Gasteiger partial charge on any atom is -0.396 e. The van der Waals surface area contributed by atoms with E-state index in [9.17, 15) is 0 Å². The molecule has 0 aliphatic rings. The molecule has 1 aromatic heterocycles. The molecule has 0 radical (unpaired) electrons. The third-order valence-corrected chi connectivity index (χ3v) is 2.20. The van der Waals surface area contributed by atoms with Gasteiger partial charge in [-0.05, 0) is 31.5 Å². The standard InChI is InChI=1S/C11H13N3/c1-8-4-3-5-10(6-8)14-7-11(12)9(2)13-14/h3-7H,12H2,1-2H3. The summed E-state index contributed by atoms with van der Waals surface area (Å²) in [4.78, 5) is 0. The maximum Gasteiger partial charge on any atom is 0.0827 e. The summed E-state index contributed by atoms with van der Waals surface area (Å²) in [6.45, 7) is 3.96. The van der Waals surface area contributed by atoms with Gasteiger partial charge in [0.1, 0.15) is 0 Å². The largest absolute Gasteiger partial charge is 0.396 e. The monoisotopic (exact) mass is 187 g/mol. The Morgan fingerprint density at radius 3 is 2.64 bits per heavy atom. The highest BCUT2D eigenvalue weighted by Gasteiger charge is 2.02. The molecule has 1 aromatic carbocycles. The molecule has 0 saturated heterocycles. The fraction of sp³-hybridized carbons (Fsp3) is 0.182. The van der Waals surface area contributed by atoms with Crippen molar-refractivity contribution >= 4 is 5.69 Å². The quantitative estimate of drug-likeness (QED) is 0.742. The van der Waals surface area contributed by atoms with Gasteiger partial charge >= 0.3 is 0 Å². The highest BCUT2D eigenvalue weighted by molar-refractivity contribution is 5.44. The summed E-state index contributed by atoms with van der Waals surface area (Å²) >= 11 is 0. The second-order valence-electron chi connectivity index (χ2n) is 3.45. The number of nitrogens with zero attached hydrogens (tertiary/aromatic N) is 2. The van der Waals surface area contributed by atoms with Crippen molar-refractivity contribution < 1.29 is 0 Å². The molecule has 0 spiro atoms. The zero-order valence-corrected chi connectivity index (χ0v) is 8.36. The van der Waals surface area contributed by atoms with Gasteiger partial charge in [0, 0.05) is 0 Å². The number of benzene rings is 1. The van der Waals surface area contributed by atoms with E-state index in [1.807, 2.05) is 25.3 Å². The molecule has 0 aliphatic carbocycles. The Kier molecular flexibility index (Phi) is 2.00. The first kappa shape index (κ1) is 8.81. The molecule has 2 N–H and O–H groups in total. The molecule has 2 aromatic rings. The molecule has 0 amide bonds. The van der Waals surface area contributed by atoms with E-state index in [1.54, 1.807) is 4.68 Å². The molecule has 1 heterocycles. The maximum atomic E-state index is 5.73. The predicted molar refractivity (Wildman–Crippen MR) is 57.5 cm³/mol. The van der Waals surface area contributed by atoms with Gasteiger partial charge in [-0.15, -0.1) is 0 Å². The molecule has 0 unspecified atom stereocenters. The van der Waals surface area contributed by atoms with Gasteiger partial charge in [0.05, 0.1) is 23.3 Å². The average Bonchev–Trinajstić information content (AvgIpc) is 2.47. The average molecular weight is 187 g/mol. The lowest BCUT2D eigenvalue weighted by atomic mass is 10.2. The van der Waals surface area contributed by atoms with Crippen LogP contribution in [0, 0.1) is 13.8 Å². The summed E-state index contributed by atoms with van der Waals surface area (Å²) in [5.41, 5.74) is 9.59. The Morgan fingerprint density at radius 1 is 1.29 bits per heavy atom. The lowest BCUT2D eigenvalue weighted by Crippen LogP contribution is -1.94. The minimum absolute atomic E-state index is 0.728. The van der Waals surface area contributed by atoms with Crippen LogP contribution in [0.1, 0.15) is 11.3 Å². The van der Waals surface area contributed by atoms with Gasteiger partial charge < -0.3 is 5.73 Å². The maximum absolute atomic E-state index is 5.73. The van der Waals surface area contributed by atoms with Crippen molar-refractivity contribution in [3.05, 3.63) is 41.7 Å². The summed E-state index contributed by atoms with van der Waals surface area (Å²) < 4.78 is 1.80. The van der Waals surface area contributed by atoms with Gasteiger partial charge in [-0.1, -0.05) is 12.1 Å². The molecular weight excluding hydrogens is 174 g/mol. The van der Waals surface area contributed by atoms with E-state index in [-0.39, 0.29) is 0 Å². The Labute approximate surface area is 83.2 Å². The number of hydrogen-bond acceptors (Lipinski definition) is 2. The van der Waals surface area contributed by atoms with Crippen LogP contribution in [0.15, 0.2) is 30.5 Å². The van der Waals surface area contributed by atoms with Crippen molar-refractivity contribution in [3.63, 3.8) is 0 Å². The molecule has 0 atom stereocenters. The Morgan fingerprint density at radius 2 is 2.07 bits per heavy atom. The summed E-state index contributed by atoms with van der Waals surface area (Å²) in [6.07, 6.45) is 1.84. The fourth-order valence-electron chi connectivity index (χ4n) is 1.38. The van der Waals surface area contributed by atoms with Crippen LogP contribution in [-0.4, -0.2) is 9.78 Å². The molecule has 0 fully saturated rings. The highest BCUT2D eigenvalue weighted by Crippen LogP contribution is 2.13. The zero-order chi connectivity index (χ0) is 10.1. The number of nitrogen functional groups attached to an aromatic ring is 1. The van der Waals surface area contributed by atoms with Gasteiger partial charge in [0.15, 0.2) is 0 Å². The Bertz CT molecular complexity index is 438. The SMILES string of the molecule is Cc1cccc(-n2cc(N)c(C)n2)c1. The van der Waals surface area contributed by atoms with E-state index in [0.29, 0.717) is 0 Å². The van der Waals surface area contributed by atoms with Gasteiger partial charge in [-0.25, -0.2) is 4.68 Å². The second kappa shape index (κ2) is 3.18. The van der Waals surface area contributed by atoms with Crippen LogP contribution in [0.3, 0.4) is 0 Å². The van der Waals surface area contributed by atoms with E-state index >= 15 is 0 Å².